The Morgan fingerprint density at radius 2 is 1.91 bits per heavy atom. The topological polar surface area (TPSA) is 24.7 Å². The lowest BCUT2D eigenvalue weighted by atomic mass is 10.2. The van der Waals surface area contributed by atoms with E-state index in [-0.39, 0.29) is 0 Å². The van der Waals surface area contributed by atoms with Crippen LogP contribution in [0.15, 0.2) is 46.6 Å². The van der Waals surface area contributed by atoms with Crippen LogP contribution in [0.5, 0.6) is 0 Å². The molecule has 2 nitrogen and oxygen atoms in total. The summed E-state index contributed by atoms with van der Waals surface area (Å²) in [7, 11) is 0. The van der Waals surface area contributed by atoms with E-state index in [2.05, 4.69) is 10.2 Å². The maximum absolute atomic E-state index is 3.99. The van der Waals surface area contributed by atoms with Gasteiger partial charge in [-0.25, -0.2) is 0 Å². The van der Waals surface area contributed by atoms with Crippen molar-refractivity contribution in [1.29, 1.82) is 0 Å². The number of benzene rings is 1. The standard InChI is InChI=1S/C9H8N2/c1-2-4-8(5-3-1)9-6-7-10-11-9/h1-6H,7H2. The number of rotatable bonds is 1. The van der Waals surface area contributed by atoms with Gasteiger partial charge in [0.25, 0.3) is 0 Å². The fraction of sp³-hybridized carbons (Fsp3) is 0.111. The first-order chi connectivity index (χ1) is 5.47. The van der Waals surface area contributed by atoms with Crippen molar-refractivity contribution in [1.82, 2.24) is 0 Å². The lowest BCUT2D eigenvalue weighted by Gasteiger charge is -1.94. The van der Waals surface area contributed by atoms with Crippen molar-refractivity contribution < 1.29 is 0 Å². The summed E-state index contributed by atoms with van der Waals surface area (Å²) in [5.41, 5.74) is 2.14. The summed E-state index contributed by atoms with van der Waals surface area (Å²) in [5, 5.41) is 7.87. The highest BCUT2D eigenvalue weighted by Crippen LogP contribution is 2.18. The highest BCUT2D eigenvalue weighted by atomic mass is 15.1. The second-order valence-electron chi connectivity index (χ2n) is 2.38. The van der Waals surface area contributed by atoms with Gasteiger partial charge in [-0.15, -0.1) is 0 Å². The SMILES string of the molecule is C1=C(c2ccccc2)N=NC1. The lowest BCUT2D eigenvalue weighted by molar-refractivity contribution is 1.14. The summed E-state index contributed by atoms with van der Waals surface area (Å²) in [6.45, 7) is 0.726. The third kappa shape index (κ3) is 1.19. The van der Waals surface area contributed by atoms with Crippen LogP contribution < -0.4 is 0 Å². The van der Waals surface area contributed by atoms with E-state index in [0.29, 0.717) is 0 Å². The molecule has 54 valence electrons. The van der Waals surface area contributed by atoms with Crippen LogP contribution in [-0.2, 0) is 0 Å². The Bertz CT molecular complexity index is 299. The minimum atomic E-state index is 0.726. The van der Waals surface area contributed by atoms with Crippen molar-refractivity contribution in [3.05, 3.63) is 42.0 Å². The molecule has 2 rings (SSSR count). The zero-order valence-electron chi connectivity index (χ0n) is 6.07. The lowest BCUT2D eigenvalue weighted by Crippen LogP contribution is -1.75. The summed E-state index contributed by atoms with van der Waals surface area (Å²) < 4.78 is 0. The van der Waals surface area contributed by atoms with E-state index in [1.165, 1.54) is 0 Å². The van der Waals surface area contributed by atoms with Gasteiger partial charge in [-0.3, -0.25) is 0 Å². The first-order valence-electron chi connectivity index (χ1n) is 3.60. The van der Waals surface area contributed by atoms with Gasteiger partial charge in [-0.2, -0.15) is 10.2 Å². The van der Waals surface area contributed by atoms with E-state index < -0.39 is 0 Å². The van der Waals surface area contributed by atoms with Gasteiger partial charge in [-0.05, 0) is 6.08 Å². The molecule has 0 amide bonds. The van der Waals surface area contributed by atoms with Crippen LogP contribution in [0.4, 0.5) is 0 Å². The van der Waals surface area contributed by atoms with Crippen LogP contribution in [0.1, 0.15) is 5.56 Å². The molecule has 11 heavy (non-hydrogen) atoms. The molecule has 1 heterocycles. The van der Waals surface area contributed by atoms with Crippen molar-refractivity contribution in [2.24, 2.45) is 10.2 Å². The van der Waals surface area contributed by atoms with E-state index in [4.69, 9.17) is 0 Å². The molecule has 0 bridgehead atoms. The average Bonchev–Trinajstić information content (AvgIpc) is 2.58. The molecule has 0 atom stereocenters. The summed E-state index contributed by atoms with van der Waals surface area (Å²) in [5.74, 6) is 0. The summed E-state index contributed by atoms with van der Waals surface area (Å²) >= 11 is 0. The molecular formula is C9H8N2. The molecule has 0 aromatic heterocycles. The molecule has 0 fully saturated rings. The average molecular weight is 144 g/mol. The molecule has 0 N–H and O–H groups in total. The van der Waals surface area contributed by atoms with E-state index in [0.717, 1.165) is 17.8 Å². The van der Waals surface area contributed by atoms with Crippen LogP contribution in [0.3, 0.4) is 0 Å². The molecule has 0 unspecified atom stereocenters. The Labute approximate surface area is 65.3 Å². The fourth-order valence-corrected chi connectivity index (χ4v) is 1.07. The number of hydrogen-bond acceptors (Lipinski definition) is 2. The van der Waals surface area contributed by atoms with E-state index in [1.54, 1.807) is 0 Å². The van der Waals surface area contributed by atoms with Gasteiger partial charge in [0.15, 0.2) is 0 Å². The quantitative estimate of drug-likeness (QED) is 0.578. The van der Waals surface area contributed by atoms with Crippen molar-refractivity contribution in [2.75, 3.05) is 6.54 Å². The van der Waals surface area contributed by atoms with Crippen LogP contribution in [-0.4, -0.2) is 6.54 Å². The van der Waals surface area contributed by atoms with Gasteiger partial charge in [0.2, 0.25) is 0 Å². The molecule has 1 aromatic rings. The van der Waals surface area contributed by atoms with E-state index in [9.17, 15) is 0 Å². The Morgan fingerprint density at radius 1 is 1.09 bits per heavy atom. The molecule has 0 radical (unpaired) electrons. The maximum atomic E-state index is 3.99. The minimum Gasteiger partial charge on any atom is -0.184 e. The van der Waals surface area contributed by atoms with Crippen molar-refractivity contribution >= 4 is 5.70 Å². The van der Waals surface area contributed by atoms with Gasteiger partial charge in [0, 0.05) is 5.56 Å². The normalized spacial score (nSPS) is 15.1. The van der Waals surface area contributed by atoms with Gasteiger partial charge in [0.1, 0.15) is 0 Å². The Morgan fingerprint density at radius 3 is 2.55 bits per heavy atom. The zero-order valence-corrected chi connectivity index (χ0v) is 6.07. The molecule has 2 heteroatoms. The van der Waals surface area contributed by atoms with Crippen LogP contribution >= 0.6 is 0 Å². The third-order valence-electron chi connectivity index (χ3n) is 1.61. The molecule has 0 aliphatic carbocycles. The molecule has 1 aliphatic heterocycles. The Hall–Kier alpha value is -1.44. The van der Waals surface area contributed by atoms with Crippen molar-refractivity contribution in [3.8, 4) is 0 Å². The molecule has 0 saturated carbocycles. The Balaban J connectivity index is 2.37. The second kappa shape index (κ2) is 2.66. The first kappa shape index (κ1) is 6.28. The zero-order chi connectivity index (χ0) is 7.52. The van der Waals surface area contributed by atoms with Crippen LogP contribution in [0.25, 0.3) is 5.70 Å². The maximum Gasteiger partial charge on any atom is 0.0904 e. The van der Waals surface area contributed by atoms with Gasteiger partial charge < -0.3 is 0 Å². The summed E-state index contributed by atoms with van der Waals surface area (Å²) in [6.07, 6.45) is 2.02. The van der Waals surface area contributed by atoms with Gasteiger partial charge in [0.05, 0.1) is 12.2 Å². The first-order valence-corrected chi connectivity index (χ1v) is 3.60. The Kier molecular flexibility index (Phi) is 1.52. The predicted octanol–water partition coefficient (Wildman–Crippen LogP) is 2.49. The smallest absolute Gasteiger partial charge is 0.0904 e. The molecule has 1 aromatic carbocycles. The number of nitrogens with zero attached hydrogens (tertiary/aromatic N) is 2. The predicted molar refractivity (Wildman–Crippen MR) is 44.1 cm³/mol. The summed E-state index contributed by atoms with van der Waals surface area (Å²) in [6, 6.07) is 10.1. The van der Waals surface area contributed by atoms with E-state index >= 15 is 0 Å². The van der Waals surface area contributed by atoms with E-state index in [1.807, 2.05) is 36.4 Å². The highest BCUT2D eigenvalue weighted by molar-refractivity contribution is 5.65. The van der Waals surface area contributed by atoms with Crippen LogP contribution in [0, 0.1) is 0 Å². The summed E-state index contributed by atoms with van der Waals surface area (Å²) in [4.78, 5) is 0. The number of azo groups is 1. The number of hydrogen-bond donors (Lipinski definition) is 0. The van der Waals surface area contributed by atoms with Crippen molar-refractivity contribution in [3.63, 3.8) is 0 Å². The van der Waals surface area contributed by atoms with Crippen molar-refractivity contribution in [2.45, 2.75) is 0 Å². The molecule has 0 spiro atoms. The fourth-order valence-electron chi connectivity index (χ4n) is 1.07. The third-order valence-corrected chi connectivity index (χ3v) is 1.61. The molecular weight excluding hydrogens is 136 g/mol. The van der Waals surface area contributed by atoms with Crippen LogP contribution in [0.2, 0.25) is 0 Å². The molecule has 0 saturated heterocycles. The minimum absolute atomic E-state index is 0.726. The second-order valence-corrected chi connectivity index (χ2v) is 2.38. The highest BCUT2D eigenvalue weighted by Gasteiger charge is 2.01. The van der Waals surface area contributed by atoms with Gasteiger partial charge in [-0.1, -0.05) is 30.3 Å². The largest absolute Gasteiger partial charge is 0.184 e. The molecule has 1 aliphatic rings. The van der Waals surface area contributed by atoms with Gasteiger partial charge >= 0.3 is 0 Å². The monoisotopic (exact) mass is 144 g/mol.